The highest BCUT2D eigenvalue weighted by Crippen LogP contribution is 2.39. The molecule has 0 aliphatic rings. The van der Waals surface area contributed by atoms with Gasteiger partial charge < -0.3 is 4.90 Å². The van der Waals surface area contributed by atoms with Crippen LogP contribution in [-0.4, -0.2) is 23.6 Å². The highest BCUT2D eigenvalue weighted by atomic mass is 79.9. The summed E-state index contributed by atoms with van der Waals surface area (Å²) in [4.78, 5) is 12.0. The summed E-state index contributed by atoms with van der Waals surface area (Å²) in [6, 6.07) is 8.32. The summed E-state index contributed by atoms with van der Waals surface area (Å²) in [5, 5.41) is 3.52. The van der Waals surface area contributed by atoms with Gasteiger partial charge in [0.25, 0.3) is 0 Å². The lowest BCUT2D eigenvalue weighted by Crippen LogP contribution is -2.20. The van der Waals surface area contributed by atoms with Gasteiger partial charge in [-0.1, -0.05) is 41.4 Å². The minimum absolute atomic E-state index is 0.306. The van der Waals surface area contributed by atoms with Crippen molar-refractivity contribution >= 4 is 54.9 Å². The van der Waals surface area contributed by atoms with Crippen LogP contribution in [0.15, 0.2) is 34.1 Å². The average Bonchev–Trinajstić information content (AvgIpc) is 2.96. The topological polar surface area (TPSA) is 29.0 Å². The molecular weight excluding hydrogens is 394 g/mol. The second-order valence-corrected chi connectivity index (χ2v) is 7.54. The standard InChI is InChI=1S/C17H17BrClN3S/c1-3-4-9-22(2)15-14-13(11-5-7-12(18)8-6-11)10-23-16(14)21-17(19)20-15/h5-8,10H,3-4,9H2,1-2H3. The molecule has 0 N–H and O–H groups in total. The Morgan fingerprint density at radius 2 is 1.96 bits per heavy atom. The van der Waals surface area contributed by atoms with E-state index in [1.165, 1.54) is 0 Å². The van der Waals surface area contributed by atoms with Crippen molar-refractivity contribution in [3.63, 3.8) is 0 Å². The van der Waals surface area contributed by atoms with E-state index in [0.29, 0.717) is 5.28 Å². The van der Waals surface area contributed by atoms with Gasteiger partial charge in [-0.05, 0) is 35.7 Å². The number of hydrogen-bond acceptors (Lipinski definition) is 4. The fraction of sp³-hybridized carbons (Fsp3) is 0.294. The number of halogens is 2. The van der Waals surface area contributed by atoms with Crippen LogP contribution in [-0.2, 0) is 0 Å². The molecule has 3 nitrogen and oxygen atoms in total. The number of fused-ring (bicyclic) bond motifs is 1. The summed E-state index contributed by atoms with van der Waals surface area (Å²) < 4.78 is 1.07. The molecule has 0 saturated heterocycles. The van der Waals surface area contributed by atoms with Gasteiger partial charge in [0.15, 0.2) is 0 Å². The predicted octanol–water partition coefficient (Wildman–Crippen LogP) is 6.01. The predicted molar refractivity (Wildman–Crippen MR) is 104 cm³/mol. The first-order valence-corrected chi connectivity index (χ1v) is 9.57. The van der Waals surface area contributed by atoms with Gasteiger partial charge in [0.1, 0.15) is 10.6 Å². The Bertz CT molecular complexity index is 817. The smallest absolute Gasteiger partial charge is 0.225 e. The van der Waals surface area contributed by atoms with Gasteiger partial charge in [-0.2, -0.15) is 4.98 Å². The number of anilines is 1. The molecule has 0 unspecified atom stereocenters. The molecule has 3 aromatic rings. The Hall–Kier alpha value is -1.17. The summed E-state index contributed by atoms with van der Waals surface area (Å²) in [6.07, 6.45) is 2.27. The third-order valence-corrected chi connectivity index (χ3v) is 5.32. The monoisotopic (exact) mass is 409 g/mol. The maximum Gasteiger partial charge on any atom is 0.225 e. The van der Waals surface area contributed by atoms with Crippen molar-refractivity contribution in [2.75, 3.05) is 18.5 Å². The zero-order chi connectivity index (χ0) is 16.4. The van der Waals surface area contributed by atoms with Crippen LogP contribution in [0.3, 0.4) is 0 Å². The minimum Gasteiger partial charge on any atom is -0.359 e. The van der Waals surface area contributed by atoms with Crippen molar-refractivity contribution in [3.05, 3.63) is 39.4 Å². The van der Waals surface area contributed by atoms with Gasteiger partial charge >= 0.3 is 0 Å². The maximum absolute atomic E-state index is 6.13. The molecule has 0 bridgehead atoms. The highest BCUT2D eigenvalue weighted by molar-refractivity contribution is 9.10. The third kappa shape index (κ3) is 3.52. The summed E-state index contributed by atoms with van der Waals surface area (Å²) in [5.74, 6) is 0.910. The number of nitrogens with zero attached hydrogens (tertiary/aromatic N) is 3. The lowest BCUT2D eigenvalue weighted by atomic mass is 10.1. The van der Waals surface area contributed by atoms with Crippen LogP contribution in [0.25, 0.3) is 21.3 Å². The average molecular weight is 411 g/mol. The Morgan fingerprint density at radius 3 is 2.65 bits per heavy atom. The molecule has 6 heteroatoms. The van der Waals surface area contributed by atoms with Gasteiger partial charge in [0, 0.05) is 29.0 Å². The van der Waals surface area contributed by atoms with Crippen LogP contribution in [0.5, 0.6) is 0 Å². The highest BCUT2D eigenvalue weighted by Gasteiger charge is 2.17. The molecule has 0 radical (unpaired) electrons. The van der Waals surface area contributed by atoms with E-state index in [4.69, 9.17) is 11.6 Å². The summed E-state index contributed by atoms with van der Waals surface area (Å²) in [7, 11) is 2.07. The van der Waals surface area contributed by atoms with Gasteiger partial charge in [-0.25, -0.2) is 4.98 Å². The summed E-state index contributed by atoms with van der Waals surface area (Å²) >= 11 is 11.2. The fourth-order valence-electron chi connectivity index (χ4n) is 2.52. The van der Waals surface area contributed by atoms with Crippen LogP contribution in [0.4, 0.5) is 5.82 Å². The number of thiophene rings is 1. The number of unbranched alkanes of at least 4 members (excludes halogenated alkanes) is 1. The van der Waals surface area contributed by atoms with Crippen LogP contribution >= 0.6 is 38.9 Å². The zero-order valence-corrected chi connectivity index (χ0v) is 16.2. The molecule has 0 aliphatic heterocycles. The molecule has 0 fully saturated rings. The summed E-state index contributed by atoms with van der Waals surface area (Å²) in [6.45, 7) is 3.14. The first kappa shape index (κ1) is 16.7. The molecule has 23 heavy (non-hydrogen) atoms. The van der Waals surface area contributed by atoms with Crippen molar-refractivity contribution in [1.82, 2.24) is 9.97 Å². The van der Waals surface area contributed by atoms with E-state index in [0.717, 1.165) is 51.0 Å². The van der Waals surface area contributed by atoms with Gasteiger partial charge in [-0.3, -0.25) is 0 Å². The molecule has 2 aromatic heterocycles. The van der Waals surface area contributed by atoms with E-state index in [-0.39, 0.29) is 0 Å². The van der Waals surface area contributed by atoms with E-state index in [2.05, 4.69) is 74.4 Å². The molecule has 0 atom stereocenters. The van der Waals surface area contributed by atoms with E-state index >= 15 is 0 Å². The van der Waals surface area contributed by atoms with Gasteiger partial charge in [0.2, 0.25) is 5.28 Å². The first-order chi connectivity index (χ1) is 11.1. The molecule has 120 valence electrons. The first-order valence-electron chi connectivity index (χ1n) is 7.52. The lowest BCUT2D eigenvalue weighted by Gasteiger charge is -2.19. The van der Waals surface area contributed by atoms with E-state index in [1.807, 2.05) is 0 Å². The second-order valence-electron chi connectivity index (χ2n) is 5.43. The van der Waals surface area contributed by atoms with Crippen LogP contribution in [0.2, 0.25) is 5.28 Å². The van der Waals surface area contributed by atoms with E-state index in [1.54, 1.807) is 11.3 Å². The maximum atomic E-state index is 6.13. The number of benzene rings is 1. The van der Waals surface area contributed by atoms with Crippen LogP contribution < -0.4 is 4.90 Å². The molecular formula is C17H17BrClN3S. The second kappa shape index (κ2) is 7.16. The normalized spacial score (nSPS) is 11.1. The lowest BCUT2D eigenvalue weighted by molar-refractivity contribution is 0.761. The third-order valence-electron chi connectivity index (χ3n) is 3.75. The van der Waals surface area contributed by atoms with Crippen LogP contribution in [0, 0.1) is 0 Å². The van der Waals surface area contributed by atoms with Crippen molar-refractivity contribution in [3.8, 4) is 11.1 Å². The molecule has 1 aromatic carbocycles. The largest absolute Gasteiger partial charge is 0.359 e. The molecule has 0 amide bonds. The minimum atomic E-state index is 0.306. The Balaban J connectivity index is 2.15. The van der Waals surface area contributed by atoms with Crippen molar-refractivity contribution in [2.45, 2.75) is 19.8 Å². The Morgan fingerprint density at radius 1 is 1.22 bits per heavy atom. The SMILES string of the molecule is CCCCN(C)c1nc(Cl)nc2scc(-c3ccc(Br)cc3)c12. The molecule has 0 aliphatic carbocycles. The van der Waals surface area contributed by atoms with Gasteiger partial charge in [-0.15, -0.1) is 11.3 Å². The van der Waals surface area contributed by atoms with Crippen molar-refractivity contribution < 1.29 is 0 Å². The van der Waals surface area contributed by atoms with E-state index < -0.39 is 0 Å². The molecule has 0 saturated carbocycles. The number of hydrogen-bond donors (Lipinski definition) is 0. The quantitative estimate of drug-likeness (QED) is 0.482. The van der Waals surface area contributed by atoms with Crippen molar-refractivity contribution in [1.29, 1.82) is 0 Å². The number of rotatable bonds is 5. The van der Waals surface area contributed by atoms with Crippen LogP contribution in [0.1, 0.15) is 19.8 Å². The Labute approximate surface area is 153 Å². The number of aromatic nitrogens is 2. The fourth-order valence-corrected chi connectivity index (χ4v) is 3.94. The van der Waals surface area contributed by atoms with Gasteiger partial charge in [0.05, 0.1) is 5.39 Å². The van der Waals surface area contributed by atoms with E-state index in [9.17, 15) is 0 Å². The molecule has 3 rings (SSSR count). The van der Waals surface area contributed by atoms with Crippen molar-refractivity contribution in [2.24, 2.45) is 0 Å². The summed E-state index contributed by atoms with van der Waals surface area (Å²) in [5.41, 5.74) is 2.32. The molecule has 0 spiro atoms. The zero-order valence-electron chi connectivity index (χ0n) is 13.0. The molecule has 2 heterocycles. The Kier molecular flexibility index (Phi) is 5.19.